The second kappa shape index (κ2) is 4.74. The van der Waals surface area contributed by atoms with Crippen molar-refractivity contribution in [3.63, 3.8) is 0 Å². The summed E-state index contributed by atoms with van der Waals surface area (Å²) < 4.78 is 19.2. The number of nitrogens with one attached hydrogen (secondary N) is 1. The molecule has 19 heavy (non-hydrogen) atoms. The quantitative estimate of drug-likeness (QED) is 0.833. The van der Waals surface area contributed by atoms with Crippen LogP contribution in [0.15, 0.2) is 42.5 Å². The molecule has 0 amide bonds. The summed E-state index contributed by atoms with van der Waals surface area (Å²) in [4.78, 5) is 0. The number of hydrogen-bond donors (Lipinski definition) is 1. The molecule has 0 radical (unpaired) electrons. The van der Waals surface area contributed by atoms with Gasteiger partial charge in [0.2, 0.25) is 0 Å². The number of hydrogen-bond acceptors (Lipinski definition) is 2. The molecule has 1 aliphatic heterocycles. The third kappa shape index (κ3) is 2.38. The van der Waals surface area contributed by atoms with E-state index >= 15 is 0 Å². The lowest BCUT2D eigenvalue weighted by molar-refractivity contribution is 0.177. The SMILES string of the molecule is CC1Nc2ccc(F)cc2OC1c1ccc(Cl)cc1. The van der Waals surface area contributed by atoms with Crippen molar-refractivity contribution in [1.29, 1.82) is 0 Å². The predicted octanol–water partition coefficient (Wildman–Crippen LogP) is 4.41. The van der Waals surface area contributed by atoms with Crippen molar-refractivity contribution in [3.8, 4) is 5.75 Å². The van der Waals surface area contributed by atoms with Crippen LogP contribution in [0, 0.1) is 5.82 Å². The molecule has 1 heterocycles. The number of benzene rings is 2. The van der Waals surface area contributed by atoms with Gasteiger partial charge in [-0.2, -0.15) is 0 Å². The highest BCUT2D eigenvalue weighted by atomic mass is 35.5. The lowest BCUT2D eigenvalue weighted by Crippen LogP contribution is -2.32. The Kier molecular flexibility index (Phi) is 3.07. The molecular weight excluding hydrogens is 265 g/mol. The highest BCUT2D eigenvalue weighted by molar-refractivity contribution is 6.30. The Morgan fingerprint density at radius 3 is 2.63 bits per heavy atom. The van der Waals surface area contributed by atoms with Gasteiger partial charge in [-0.3, -0.25) is 0 Å². The molecule has 0 bridgehead atoms. The maximum Gasteiger partial charge on any atom is 0.146 e. The minimum atomic E-state index is -0.301. The summed E-state index contributed by atoms with van der Waals surface area (Å²) in [6.45, 7) is 2.03. The molecule has 0 spiro atoms. The summed E-state index contributed by atoms with van der Waals surface area (Å²) in [5.41, 5.74) is 1.83. The number of rotatable bonds is 1. The van der Waals surface area contributed by atoms with E-state index in [0.29, 0.717) is 10.8 Å². The summed E-state index contributed by atoms with van der Waals surface area (Å²) in [7, 11) is 0. The van der Waals surface area contributed by atoms with E-state index in [-0.39, 0.29) is 18.0 Å². The van der Waals surface area contributed by atoms with Crippen LogP contribution in [0.25, 0.3) is 0 Å². The van der Waals surface area contributed by atoms with Crippen molar-refractivity contribution in [2.45, 2.75) is 19.1 Å². The van der Waals surface area contributed by atoms with Gasteiger partial charge < -0.3 is 10.1 Å². The molecule has 0 aliphatic carbocycles. The van der Waals surface area contributed by atoms with Crippen molar-refractivity contribution in [2.24, 2.45) is 0 Å². The third-order valence-electron chi connectivity index (χ3n) is 3.23. The van der Waals surface area contributed by atoms with Gasteiger partial charge in [0, 0.05) is 11.1 Å². The lowest BCUT2D eigenvalue weighted by atomic mass is 10.0. The van der Waals surface area contributed by atoms with Gasteiger partial charge in [-0.1, -0.05) is 23.7 Å². The molecule has 2 nitrogen and oxygen atoms in total. The number of ether oxygens (including phenoxy) is 1. The molecule has 0 fully saturated rings. The highest BCUT2D eigenvalue weighted by Crippen LogP contribution is 2.37. The number of anilines is 1. The third-order valence-corrected chi connectivity index (χ3v) is 3.49. The molecule has 3 rings (SSSR count). The average molecular weight is 278 g/mol. The standard InChI is InChI=1S/C15H13ClFNO/c1-9-15(10-2-4-11(16)5-3-10)19-14-8-12(17)6-7-13(14)18-9/h2-9,15,18H,1H3. The molecule has 0 saturated carbocycles. The van der Waals surface area contributed by atoms with E-state index in [1.807, 2.05) is 31.2 Å². The van der Waals surface area contributed by atoms with E-state index < -0.39 is 0 Å². The first kappa shape index (κ1) is 12.3. The highest BCUT2D eigenvalue weighted by Gasteiger charge is 2.27. The van der Waals surface area contributed by atoms with Gasteiger partial charge in [0.05, 0.1) is 11.7 Å². The minimum absolute atomic E-state index is 0.0964. The Morgan fingerprint density at radius 1 is 1.16 bits per heavy atom. The van der Waals surface area contributed by atoms with Crippen molar-refractivity contribution in [1.82, 2.24) is 0 Å². The van der Waals surface area contributed by atoms with Crippen LogP contribution in [-0.2, 0) is 0 Å². The first-order valence-electron chi connectivity index (χ1n) is 6.12. The van der Waals surface area contributed by atoms with Gasteiger partial charge in [0.25, 0.3) is 0 Å². The van der Waals surface area contributed by atoms with Crippen LogP contribution in [0.5, 0.6) is 5.75 Å². The fraction of sp³-hybridized carbons (Fsp3) is 0.200. The zero-order chi connectivity index (χ0) is 13.4. The summed E-state index contributed by atoms with van der Waals surface area (Å²) in [5.74, 6) is 0.239. The fourth-order valence-corrected chi connectivity index (χ4v) is 2.41. The zero-order valence-electron chi connectivity index (χ0n) is 10.4. The second-order valence-corrected chi connectivity index (χ2v) is 5.10. The first-order chi connectivity index (χ1) is 9.13. The number of fused-ring (bicyclic) bond motifs is 1. The van der Waals surface area contributed by atoms with Crippen LogP contribution in [0.2, 0.25) is 5.02 Å². The van der Waals surface area contributed by atoms with Crippen LogP contribution < -0.4 is 10.1 Å². The van der Waals surface area contributed by atoms with E-state index in [1.54, 1.807) is 6.07 Å². The monoisotopic (exact) mass is 277 g/mol. The van der Waals surface area contributed by atoms with E-state index in [2.05, 4.69) is 5.32 Å². The average Bonchev–Trinajstić information content (AvgIpc) is 2.40. The van der Waals surface area contributed by atoms with Crippen LogP contribution in [-0.4, -0.2) is 6.04 Å². The van der Waals surface area contributed by atoms with Gasteiger partial charge in [-0.15, -0.1) is 0 Å². The minimum Gasteiger partial charge on any atom is -0.481 e. The van der Waals surface area contributed by atoms with Gasteiger partial charge in [0.15, 0.2) is 0 Å². The Hall–Kier alpha value is -1.74. The molecule has 2 aromatic carbocycles. The van der Waals surface area contributed by atoms with E-state index in [9.17, 15) is 4.39 Å². The largest absolute Gasteiger partial charge is 0.481 e. The Morgan fingerprint density at radius 2 is 1.89 bits per heavy atom. The van der Waals surface area contributed by atoms with Crippen LogP contribution in [0.1, 0.15) is 18.6 Å². The summed E-state index contributed by atoms with van der Waals surface area (Å²) in [6.07, 6.45) is -0.161. The maximum atomic E-state index is 13.2. The van der Waals surface area contributed by atoms with Crippen LogP contribution >= 0.6 is 11.6 Å². The molecule has 1 N–H and O–H groups in total. The molecule has 2 aromatic rings. The van der Waals surface area contributed by atoms with Gasteiger partial charge in [0.1, 0.15) is 17.7 Å². The van der Waals surface area contributed by atoms with Crippen LogP contribution in [0.3, 0.4) is 0 Å². The smallest absolute Gasteiger partial charge is 0.146 e. The van der Waals surface area contributed by atoms with Crippen molar-refractivity contribution in [3.05, 3.63) is 58.9 Å². The van der Waals surface area contributed by atoms with E-state index in [1.165, 1.54) is 12.1 Å². The lowest BCUT2D eigenvalue weighted by Gasteiger charge is -2.33. The Bertz CT molecular complexity index is 600. The van der Waals surface area contributed by atoms with Gasteiger partial charge in [-0.25, -0.2) is 4.39 Å². The molecular formula is C15H13ClFNO. The van der Waals surface area contributed by atoms with Crippen molar-refractivity contribution >= 4 is 17.3 Å². The normalized spacial score (nSPS) is 21.2. The molecule has 2 atom stereocenters. The maximum absolute atomic E-state index is 13.2. The van der Waals surface area contributed by atoms with Gasteiger partial charge in [-0.05, 0) is 36.8 Å². The molecule has 2 unspecified atom stereocenters. The molecule has 4 heteroatoms. The van der Waals surface area contributed by atoms with E-state index in [4.69, 9.17) is 16.3 Å². The molecule has 98 valence electrons. The van der Waals surface area contributed by atoms with Crippen LogP contribution in [0.4, 0.5) is 10.1 Å². The Labute approximate surface area is 116 Å². The number of halogens is 2. The molecule has 0 saturated heterocycles. The fourth-order valence-electron chi connectivity index (χ4n) is 2.28. The molecule has 1 aliphatic rings. The summed E-state index contributed by atoms with van der Waals surface area (Å²) in [5, 5.41) is 4.01. The zero-order valence-corrected chi connectivity index (χ0v) is 11.1. The second-order valence-electron chi connectivity index (χ2n) is 4.66. The summed E-state index contributed by atoms with van der Waals surface area (Å²) in [6, 6.07) is 12.1. The van der Waals surface area contributed by atoms with Crippen molar-refractivity contribution in [2.75, 3.05) is 5.32 Å². The molecule has 0 aromatic heterocycles. The van der Waals surface area contributed by atoms with Gasteiger partial charge >= 0.3 is 0 Å². The topological polar surface area (TPSA) is 21.3 Å². The first-order valence-corrected chi connectivity index (χ1v) is 6.49. The van der Waals surface area contributed by atoms with E-state index in [0.717, 1.165) is 11.3 Å². The Balaban J connectivity index is 1.94. The summed E-state index contributed by atoms with van der Waals surface area (Å²) >= 11 is 5.88. The predicted molar refractivity (Wildman–Crippen MR) is 74.3 cm³/mol. The van der Waals surface area contributed by atoms with Crippen molar-refractivity contribution < 1.29 is 9.13 Å².